The highest BCUT2D eigenvalue weighted by atomic mass is 32.2. The first-order chi connectivity index (χ1) is 16.8. The molecule has 186 valence electrons. The number of amides is 2. The molecule has 0 unspecified atom stereocenters. The van der Waals surface area contributed by atoms with E-state index in [1.54, 1.807) is 18.2 Å². The van der Waals surface area contributed by atoms with Gasteiger partial charge in [-0.05, 0) is 74.8 Å². The summed E-state index contributed by atoms with van der Waals surface area (Å²) in [6.45, 7) is 3.26. The molecule has 0 radical (unpaired) electrons. The van der Waals surface area contributed by atoms with Gasteiger partial charge in [0, 0.05) is 43.2 Å². The molecule has 2 heterocycles. The Morgan fingerprint density at radius 2 is 1.69 bits per heavy atom. The van der Waals surface area contributed by atoms with Gasteiger partial charge in [-0.25, -0.2) is 8.42 Å². The van der Waals surface area contributed by atoms with E-state index in [0.29, 0.717) is 38.9 Å². The van der Waals surface area contributed by atoms with Crippen molar-refractivity contribution in [3.63, 3.8) is 0 Å². The van der Waals surface area contributed by atoms with Gasteiger partial charge in [0.25, 0.3) is 0 Å². The normalized spacial score (nSPS) is 21.1. The van der Waals surface area contributed by atoms with Gasteiger partial charge in [0.2, 0.25) is 21.8 Å². The molecule has 0 spiro atoms. The summed E-state index contributed by atoms with van der Waals surface area (Å²) in [6.07, 6.45) is 4.38. The van der Waals surface area contributed by atoms with E-state index in [9.17, 15) is 18.0 Å². The van der Waals surface area contributed by atoms with E-state index in [2.05, 4.69) is 5.32 Å². The Bertz CT molecular complexity index is 1200. The second kappa shape index (κ2) is 9.74. The summed E-state index contributed by atoms with van der Waals surface area (Å²) >= 11 is 0. The number of carbonyl (C=O) groups is 2. The molecule has 3 aliphatic rings. The molecule has 1 aliphatic carbocycles. The molecule has 35 heavy (non-hydrogen) atoms. The zero-order valence-corrected chi connectivity index (χ0v) is 21.0. The van der Waals surface area contributed by atoms with Crippen LogP contribution < -0.4 is 10.2 Å². The number of sulfonamides is 1. The van der Waals surface area contributed by atoms with Crippen LogP contribution in [-0.2, 0) is 32.5 Å². The smallest absolute Gasteiger partial charge is 0.243 e. The third-order valence-corrected chi connectivity index (χ3v) is 9.34. The van der Waals surface area contributed by atoms with Crippen LogP contribution in [0.25, 0.3) is 0 Å². The summed E-state index contributed by atoms with van der Waals surface area (Å²) in [7, 11) is -3.65. The van der Waals surface area contributed by atoms with Gasteiger partial charge < -0.3 is 10.2 Å². The van der Waals surface area contributed by atoms with Crippen molar-refractivity contribution in [1.82, 2.24) is 9.62 Å². The Morgan fingerprint density at radius 1 is 0.971 bits per heavy atom. The first-order valence-electron chi connectivity index (χ1n) is 12.6. The van der Waals surface area contributed by atoms with E-state index in [-0.39, 0.29) is 34.6 Å². The van der Waals surface area contributed by atoms with Crippen LogP contribution in [-0.4, -0.2) is 50.2 Å². The van der Waals surface area contributed by atoms with Gasteiger partial charge in [-0.15, -0.1) is 0 Å². The number of piperidine rings is 1. The third-order valence-electron chi connectivity index (χ3n) is 7.45. The zero-order valence-electron chi connectivity index (χ0n) is 20.2. The quantitative estimate of drug-likeness (QED) is 0.639. The molecule has 2 aromatic carbocycles. The summed E-state index contributed by atoms with van der Waals surface area (Å²) in [5, 5.41) is 3.00. The lowest BCUT2D eigenvalue weighted by atomic mass is 9.97. The Labute approximate surface area is 207 Å². The van der Waals surface area contributed by atoms with Crippen molar-refractivity contribution >= 4 is 27.5 Å². The molecule has 5 rings (SSSR count). The van der Waals surface area contributed by atoms with Gasteiger partial charge in [0.05, 0.1) is 4.90 Å². The molecule has 1 saturated carbocycles. The van der Waals surface area contributed by atoms with E-state index in [1.807, 2.05) is 42.2 Å². The predicted molar refractivity (Wildman–Crippen MR) is 134 cm³/mol. The maximum Gasteiger partial charge on any atom is 0.243 e. The molecule has 0 bridgehead atoms. The number of anilines is 1. The fraction of sp³-hybridized carbons (Fsp3) is 0.481. The molecular weight excluding hydrogens is 462 g/mol. The van der Waals surface area contributed by atoms with Crippen LogP contribution in [0.3, 0.4) is 0 Å². The number of nitrogens with zero attached hydrogens (tertiary/aromatic N) is 2. The summed E-state index contributed by atoms with van der Waals surface area (Å²) in [4.78, 5) is 27.4. The topological polar surface area (TPSA) is 86.8 Å². The maximum atomic E-state index is 13.4. The Hall–Kier alpha value is -2.71. The molecule has 7 nitrogen and oxygen atoms in total. The summed E-state index contributed by atoms with van der Waals surface area (Å²) in [6, 6.07) is 15.2. The van der Waals surface area contributed by atoms with E-state index in [4.69, 9.17) is 0 Å². The first kappa shape index (κ1) is 24.0. The number of fused-ring (bicyclic) bond motifs is 1. The van der Waals surface area contributed by atoms with Crippen molar-refractivity contribution in [2.24, 2.45) is 11.8 Å². The SMILES string of the molecule is C[C@H]1Cc2cc(S(=O)(=O)N3CCC(C(=O)NCCc4ccccc4)CC3)ccc2N1C(=O)C1CC1. The van der Waals surface area contributed by atoms with Crippen molar-refractivity contribution in [3.8, 4) is 0 Å². The second-order valence-corrected chi connectivity index (χ2v) is 12.0. The van der Waals surface area contributed by atoms with Crippen molar-refractivity contribution in [1.29, 1.82) is 0 Å². The van der Waals surface area contributed by atoms with E-state index < -0.39 is 10.0 Å². The standard InChI is InChI=1S/C27H33N3O4S/c1-19-17-23-18-24(9-10-25(23)30(19)27(32)22-7-8-22)35(33,34)29-15-12-21(13-16-29)26(31)28-14-11-20-5-3-2-4-6-20/h2-6,9-10,18-19,21-22H,7-8,11-17H2,1H3,(H,28,31)/t19-/m0/s1. The monoisotopic (exact) mass is 495 g/mol. The van der Waals surface area contributed by atoms with Gasteiger partial charge in [0.1, 0.15) is 0 Å². The van der Waals surface area contributed by atoms with Gasteiger partial charge >= 0.3 is 0 Å². The number of rotatable bonds is 7. The van der Waals surface area contributed by atoms with E-state index in [0.717, 1.165) is 30.5 Å². The lowest BCUT2D eigenvalue weighted by Gasteiger charge is -2.30. The van der Waals surface area contributed by atoms with Crippen LogP contribution in [0.2, 0.25) is 0 Å². The van der Waals surface area contributed by atoms with Gasteiger partial charge in [-0.1, -0.05) is 30.3 Å². The Morgan fingerprint density at radius 3 is 2.37 bits per heavy atom. The lowest BCUT2D eigenvalue weighted by molar-refractivity contribution is -0.126. The highest BCUT2D eigenvalue weighted by molar-refractivity contribution is 7.89. The van der Waals surface area contributed by atoms with Crippen LogP contribution >= 0.6 is 0 Å². The van der Waals surface area contributed by atoms with E-state index >= 15 is 0 Å². The van der Waals surface area contributed by atoms with Crippen LogP contribution in [0.4, 0.5) is 5.69 Å². The van der Waals surface area contributed by atoms with Gasteiger partial charge in [-0.2, -0.15) is 4.31 Å². The summed E-state index contributed by atoms with van der Waals surface area (Å²) < 4.78 is 28.2. The van der Waals surface area contributed by atoms with Crippen molar-refractivity contribution in [2.75, 3.05) is 24.5 Å². The fourth-order valence-electron chi connectivity index (χ4n) is 5.26. The molecule has 2 aromatic rings. The Balaban J connectivity index is 1.18. The molecule has 2 fully saturated rings. The van der Waals surface area contributed by atoms with Crippen LogP contribution in [0.5, 0.6) is 0 Å². The minimum Gasteiger partial charge on any atom is -0.356 e. The maximum absolute atomic E-state index is 13.4. The van der Waals surface area contributed by atoms with Gasteiger partial charge in [0.15, 0.2) is 0 Å². The van der Waals surface area contributed by atoms with Crippen LogP contribution in [0.15, 0.2) is 53.4 Å². The van der Waals surface area contributed by atoms with Gasteiger partial charge in [-0.3, -0.25) is 9.59 Å². The molecule has 1 saturated heterocycles. The van der Waals surface area contributed by atoms with Crippen molar-refractivity contribution in [2.45, 2.75) is 56.4 Å². The minimum atomic E-state index is -3.65. The number of carbonyl (C=O) groups excluding carboxylic acids is 2. The molecule has 0 aromatic heterocycles. The predicted octanol–water partition coefficient (Wildman–Crippen LogP) is 3.13. The largest absolute Gasteiger partial charge is 0.356 e. The first-order valence-corrected chi connectivity index (χ1v) is 14.1. The molecule has 8 heteroatoms. The molecule has 2 aliphatic heterocycles. The Kier molecular flexibility index (Phi) is 6.68. The average Bonchev–Trinajstić information content (AvgIpc) is 3.66. The number of benzene rings is 2. The minimum absolute atomic E-state index is 0.00455. The number of hydrogen-bond donors (Lipinski definition) is 1. The molecule has 1 N–H and O–H groups in total. The summed E-state index contributed by atoms with van der Waals surface area (Å²) in [5.41, 5.74) is 2.94. The van der Waals surface area contributed by atoms with Crippen LogP contribution in [0, 0.1) is 11.8 Å². The summed E-state index contributed by atoms with van der Waals surface area (Å²) in [5.74, 6) is 0.129. The molecule has 2 amide bonds. The number of hydrogen-bond acceptors (Lipinski definition) is 4. The van der Waals surface area contributed by atoms with Crippen molar-refractivity contribution < 1.29 is 18.0 Å². The average molecular weight is 496 g/mol. The second-order valence-electron chi connectivity index (χ2n) is 10.0. The molecule has 1 atom stereocenters. The highest BCUT2D eigenvalue weighted by Gasteiger charge is 2.40. The molecular formula is C27H33N3O4S. The number of nitrogens with one attached hydrogen (secondary N) is 1. The van der Waals surface area contributed by atoms with Crippen LogP contribution in [0.1, 0.15) is 43.7 Å². The fourth-order valence-corrected chi connectivity index (χ4v) is 6.78. The zero-order chi connectivity index (χ0) is 24.6. The lowest BCUT2D eigenvalue weighted by Crippen LogP contribution is -2.43. The van der Waals surface area contributed by atoms with Crippen molar-refractivity contribution in [3.05, 3.63) is 59.7 Å². The third kappa shape index (κ3) is 5.00. The highest BCUT2D eigenvalue weighted by Crippen LogP contribution is 2.40. The van der Waals surface area contributed by atoms with E-state index in [1.165, 1.54) is 9.87 Å².